The van der Waals surface area contributed by atoms with Crippen LogP contribution in [0, 0.1) is 0 Å². The molecular weight excluding hydrogens is 358 g/mol. The molecule has 3 aromatic rings. The van der Waals surface area contributed by atoms with Gasteiger partial charge in [0.1, 0.15) is 11.9 Å². The summed E-state index contributed by atoms with van der Waals surface area (Å²) < 4.78 is 11.7. The summed E-state index contributed by atoms with van der Waals surface area (Å²) in [5.74, 6) is 0.911. The summed E-state index contributed by atoms with van der Waals surface area (Å²) in [6, 6.07) is 29.6. The summed E-state index contributed by atoms with van der Waals surface area (Å²) in [4.78, 5) is 2.35. The lowest BCUT2D eigenvalue weighted by molar-refractivity contribution is 0.0581. The third-order valence-electron chi connectivity index (χ3n) is 5.35. The van der Waals surface area contributed by atoms with E-state index in [1.807, 2.05) is 24.3 Å². The normalized spacial score (nSPS) is 12.3. The highest BCUT2D eigenvalue weighted by Crippen LogP contribution is 2.25. The summed E-state index contributed by atoms with van der Waals surface area (Å²) in [5, 5.41) is 0. The van der Waals surface area contributed by atoms with Crippen molar-refractivity contribution in [2.45, 2.75) is 25.5 Å². The van der Waals surface area contributed by atoms with Crippen LogP contribution in [0.4, 0.5) is 0 Å². The number of ether oxygens (including phenoxy) is 2. The fraction of sp³-hybridized carbons (Fsp3) is 0.308. The van der Waals surface area contributed by atoms with Crippen LogP contribution in [0.2, 0.25) is 0 Å². The van der Waals surface area contributed by atoms with Gasteiger partial charge in [-0.2, -0.15) is 0 Å². The summed E-state index contributed by atoms with van der Waals surface area (Å²) in [7, 11) is 3.87. The smallest absolute Gasteiger partial charge is 0.119 e. The molecule has 0 fully saturated rings. The number of benzene rings is 3. The molecular formula is C26H31NO2. The highest BCUT2D eigenvalue weighted by molar-refractivity contribution is 5.30. The molecule has 3 heteroatoms. The molecule has 3 rings (SSSR count). The molecule has 29 heavy (non-hydrogen) atoms. The van der Waals surface area contributed by atoms with Gasteiger partial charge in [-0.05, 0) is 49.2 Å². The SMILES string of the molecule is COc1cccc(CC(C)N(C)CCOC(c2ccccc2)c2ccccc2)c1. The zero-order valence-corrected chi connectivity index (χ0v) is 17.6. The zero-order valence-electron chi connectivity index (χ0n) is 17.6. The average molecular weight is 390 g/mol. The van der Waals surface area contributed by atoms with E-state index in [4.69, 9.17) is 9.47 Å². The Kier molecular flexibility index (Phi) is 7.85. The zero-order chi connectivity index (χ0) is 20.5. The highest BCUT2D eigenvalue weighted by Gasteiger charge is 2.16. The Morgan fingerprint density at radius 2 is 1.45 bits per heavy atom. The first-order valence-corrected chi connectivity index (χ1v) is 10.2. The maximum absolute atomic E-state index is 6.36. The van der Waals surface area contributed by atoms with Gasteiger partial charge in [-0.15, -0.1) is 0 Å². The van der Waals surface area contributed by atoms with Gasteiger partial charge in [0.2, 0.25) is 0 Å². The Labute approximate surface area is 174 Å². The van der Waals surface area contributed by atoms with Crippen molar-refractivity contribution in [3.05, 3.63) is 102 Å². The van der Waals surface area contributed by atoms with E-state index in [0.717, 1.165) is 18.7 Å². The first-order valence-electron chi connectivity index (χ1n) is 10.2. The number of hydrogen-bond acceptors (Lipinski definition) is 3. The molecule has 0 radical (unpaired) electrons. The maximum atomic E-state index is 6.36. The molecule has 0 aliphatic rings. The van der Waals surface area contributed by atoms with Crippen molar-refractivity contribution >= 4 is 0 Å². The van der Waals surface area contributed by atoms with E-state index in [2.05, 4.69) is 79.5 Å². The van der Waals surface area contributed by atoms with Crippen LogP contribution >= 0.6 is 0 Å². The number of rotatable bonds is 10. The minimum Gasteiger partial charge on any atom is -0.497 e. The van der Waals surface area contributed by atoms with E-state index in [-0.39, 0.29) is 6.10 Å². The summed E-state index contributed by atoms with van der Waals surface area (Å²) >= 11 is 0. The first-order chi connectivity index (χ1) is 14.2. The third kappa shape index (κ3) is 6.18. The molecule has 0 aromatic heterocycles. The summed E-state index contributed by atoms with van der Waals surface area (Å²) in [6.45, 7) is 3.81. The van der Waals surface area contributed by atoms with Crippen LogP contribution < -0.4 is 4.74 Å². The predicted octanol–water partition coefficient (Wildman–Crippen LogP) is 5.36. The Balaban J connectivity index is 1.57. The van der Waals surface area contributed by atoms with Gasteiger partial charge in [0.05, 0.1) is 13.7 Å². The number of methoxy groups -OCH3 is 1. The molecule has 0 amide bonds. The minimum absolute atomic E-state index is 0.0421. The molecule has 3 aromatic carbocycles. The van der Waals surface area contributed by atoms with E-state index in [9.17, 15) is 0 Å². The molecule has 1 atom stereocenters. The second-order valence-corrected chi connectivity index (χ2v) is 7.46. The Morgan fingerprint density at radius 3 is 2.03 bits per heavy atom. The molecule has 0 saturated heterocycles. The predicted molar refractivity (Wildman–Crippen MR) is 119 cm³/mol. The Bertz CT molecular complexity index is 811. The van der Waals surface area contributed by atoms with Crippen LogP contribution in [-0.4, -0.2) is 38.3 Å². The number of hydrogen-bond donors (Lipinski definition) is 0. The van der Waals surface area contributed by atoms with Crippen LogP contribution in [-0.2, 0) is 11.2 Å². The lowest BCUT2D eigenvalue weighted by Crippen LogP contribution is -2.34. The molecule has 0 heterocycles. The molecule has 0 aliphatic heterocycles. The second kappa shape index (κ2) is 10.8. The van der Waals surface area contributed by atoms with Gasteiger partial charge in [0, 0.05) is 12.6 Å². The maximum Gasteiger partial charge on any atom is 0.119 e. The van der Waals surface area contributed by atoms with E-state index in [1.54, 1.807) is 7.11 Å². The van der Waals surface area contributed by atoms with Crippen molar-refractivity contribution in [1.29, 1.82) is 0 Å². The molecule has 152 valence electrons. The van der Waals surface area contributed by atoms with Crippen LogP contribution in [0.15, 0.2) is 84.9 Å². The molecule has 0 spiro atoms. The molecule has 1 unspecified atom stereocenters. The lowest BCUT2D eigenvalue weighted by Gasteiger charge is -2.26. The van der Waals surface area contributed by atoms with Gasteiger partial charge in [-0.3, -0.25) is 0 Å². The second-order valence-electron chi connectivity index (χ2n) is 7.46. The van der Waals surface area contributed by atoms with Gasteiger partial charge in [0.25, 0.3) is 0 Å². The lowest BCUT2D eigenvalue weighted by atomic mass is 10.0. The molecule has 0 saturated carbocycles. The summed E-state index contributed by atoms with van der Waals surface area (Å²) in [6.07, 6.45) is 0.939. The van der Waals surface area contributed by atoms with Gasteiger partial charge >= 0.3 is 0 Å². The van der Waals surface area contributed by atoms with Crippen molar-refractivity contribution in [2.24, 2.45) is 0 Å². The van der Waals surface area contributed by atoms with Crippen molar-refractivity contribution in [3.63, 3.8) is 0 Å². The standard InChI is InChI=1S/C26H31NO2/c1-21(19-22-11-10-16-25(20-22)28-3)27(2)17-18-29-26(23-12-6-4-7-13-23)24-14-8-5-9-15-24/h4-16,20-21,26H,17-19H2,1-3H3. The molecule has 0 N–H and O–H groups in total. The Hall–Kier alpha value is -2.62. The van der Waals surface area contributed by atoms with E-state index in [0.29, 0.717) is 12.6 Å². The van der Waals surface area contributed by atoms with Crippen molar-refractivity contribution in [2.75, 3.05) is 27.3 Å². The van der Waals surface area contributed by atoms with E-state index >= 15 is 0 Å². The largest absolute Gasteiger partial charge is 0.497 e. The van der Waals surface area contributed by atoms with Gasteiger partial charge in [0.15, 0.2) is 0 Å². The molecule has 0 bridgehead atoms. The topological polar surface area (TPSA) is 21.7 Å². The Morgan fingerprint density at radius 1 is 0.828 bits per heavy atom. The van der Waals surface area contributed by atoms with Crippen LogP contribution in [0.25, 0.3) is 0 Å². The fourth-order valence-electron chi connectivity index (χ4n) is 3.47. The van der Waals surface area contributed by atoms with Gasteiger partial charge < -0.3 is 14.4 Å². The summed E-state index contributed by atoms with van der Waals surface area (Å²) in [5.41, 5.74) is 3.66. The van der Waals surface area contributed by atoms with Crippen molar-refractivity contribution in [1.82, 2.24) is 4.90 Å². The van der Waals surface area contributed by atoms with Crippen molar-refractivity contribution < 1.29 is 9.47 Å². The van der Waals surface area contributed by atoms with Gasteiger partial charge in [-0.25, -0.2) is 0 Å². The quantitative estimate of drug-likeness (QED) is 0.466. The first kappa shape index (κ1) is 21.1. The monoisotopic (exact) mass is 389 g/mol. The molecule has 3 nitrogen and oxygen atoms in total. The van der Waals surface area contributed by atoms with E-state index < -0.39 is 0 Å². The average Bonchev–Trinajstić information content (AvgIpc) is 2.78. The highest BCUT2D eigenvalue weighted by atomic mass is 16.5. The third-order valence-corrected chi connectivity index (χ3v) is 5.35. The van der Waals surface area contributed by atoms with Crippen molar-refractivity contribution in [3.8, 4) is 5.75 Å². The van der Waals surface area contributed by atoms with Crippen LogP contribution in [0.3, 0.4) is 0 Å². The number of likely N-dealkylation sites (N-methyl/N-ethyl adjacent to an activating group) is 1. The molecule has 0 aliphatic carbocycles. The van der Waals surface area contributed by atoms with E-state index in [1.165, 1.54) is 16.7 Å². The fourth-order valence-corrected chi connectivity index (χ4v) is 3.47. The van der Waals surface area contributed by atoms with Crippen LogP contribution in [0.5, 0.6) is 5.75 Å². The number of nitrogens with zero attached hydrogens (tertiary/aromatic N) is 1. The van der Waals surface area contributed by atoms with Crippen LogP contribution in [0.1, 0.15) is 29.7 Å². The van der Waals surface area contributed by atoms with Gasteiger partial charge in [-0.1, -0.05) is 72.8 Å². The minimum atomic E-state index is -0.0421.